The Labute approximate surface area is 55.0 Å². The first kappa shape index (κ1) is 8.10. The molecule has 0 radical (unpaired) electrons. The summed E-state index contributed by atoms with van der Waals surface area (Å²) in [6.07, 6.45) is 0. The summed E-state index contributed by atoms with van der Waals surface area (Å²) in [4.78, 5) is 0. The third kappa shape index (κ3) is 4.96. The van der Waals surface area contributed by atoms with Crippen LogP contribution < -0.4 is 10.7 Å². The highest BCUT2D eigenvalue weighted by atomic mass is 15.4. The lowest BCUT2D eigenvalue weighted by atomic mass is 10.5. The summed E-state index contributed by atoms with van der Waals surface area (Å²) in [7, 11) is 3.44. The summed E-state index contributed by atoms with van der Waals surface area (Å²) in [5.41, 5.74) is 3.44. The summed E-state index contributed by atoms with van der Waals surface area (Å²) < 4.78 is 0. The zero-order valence-corrected chi connectivity index (χ0v) is 5.81. The van der Waals surface area contributed by atoms with E-state index < -0.39 is 0 Å². The van der Waals surface area contributed by atoms with Crippen LogP contribution in [0.1, 0.15) is 0 Å². The molecule has 0 saturated heterocycles. The van der Waals surface area contributed by atoms with E-state index >= 15 is 0 Å². The molecule has 4 nitrogen and oxygen atoms in total. The van der Waals surface area contributed by atoms with Crippen LogP contribution in [-0.2, 0) is 0 Å². The van der Waals surface area contributed by atoms with Gasteiger partial charge in [-0.05, 0) is 7.05 Å². The average Bonchev–Trinajstić information content (AvgIpc) is 1.85. The summed E-state index contributed by atoms with van der Waals surface area (Å²) in [6, 6.07) is 0. The van der Waals surface area contributed by atoms with Gasteiger partial charge in [0, 0.05) is 12.2 Å². The molecule has 0 unspecified atom stereocenters. The van der Waals surface area contributed by atoms with Gasteiger partial charge in [0.25, 0.3) is 0 Å². The van der Waals surface area contributed by atoms with E-state index in [1.807, 2.05) is 7.05 Å². The van der Waals surface area contributed by atoms with Crippen molar-refractivity contribution in [1.82, 2.24) is 10.7 Å². The van der Waals surface area contributed by atoms with Gasteiger partial charge in [-0.25, -0.2) is 0 Å². The molecule has 0 heterocycles. The summed E-state index contributed by atoms with van der Waals surface area (Å²) in [5, 5.41) is 9.92. The van der Waals surface area contributed by atoms with Gasteiger partial charge in [0.15, 0.2) is 0 Å². The van der Waals surface area contributed by atoms with Gasteiger partial charge in [-0.3, -0.25) is 5.43 Å². The molecule has 0 rings (SSSR count). The van der Waals surface area contributed by atoms with Crippen molar-refractivity contribution in [2.75, 3.05) is 20.6 Å². The van der Waals surface area contributed by atoms with E-state index in [2.05, 4.69) is 27.7 Å². The predicted molar refractivity (Wildman–Crippen MR) is 37.0 cm³/mol. The van der Waals surface area contributed by atoms with Crippen molar-refractivity contribution < 1.29 is 0 Å². The summed E-state index contributed by atoms with van der Waals surface area (Å²) in [6.45, 7) is 4.36. The maximum atomic E-state index is 3.65. The first-order valence-corrected chi connectivity index (χ1v) is 2.68. The number of hydrogen-bond acceptors (Lipinski definition) is 3. The van der Waals surface area contributed by atoms with Crippen LogP contribution in [0, 0.1) is 0 Å². The van der Waals surface area contributed by atoms with E-state index in [9.17, 15) is 0 Å². The van der Waals surface area contributed by atoms with Crippen molar-refractivity contribution in [3.05, 3.63) is 12.3 Å². The minimum absolute atomic E-state index is 0.707. The fourth-order valence-electron chi connectivity index (χ4n) is 0.374. The van der Waals surface area contributed by atoms with E-state index in [4.69, 9.17) is 0 Å². The highest BCUT2D eigenvalue weighted by Gasteiger charge is 1.84. The Balaban J connectivity index is 3.27. The molecule has 0 fully saturated rings. The van der Waals surface area contributed by atoms with E-state index in [1.165, 1.54) is 0 Å². The van der Waals surface area contributed by atoms with E-state index in [0.29, 0.717) is 6.54 Å². The van der Waals surface area contributed by atoms with Gasteiger partial charge in [-0.1, -0.05) is 11.8 Å². The molecule has 0 aliphatic rings. The van der Waals surface area contributed by atoms with Crippen LogP contribution in [0.15, 0.2) is 22.6 Å². The van der Waals surface area contributed by atoms with E-state index in [-0.39, 0.29) is 0 Å². The molecule has 0 spiro atoms. The van der Waals surface area contributed by atoms with Crippen LogP contribution in [0.3, 0.4) is 0 Å². The van der Waals surface area contributed by atoms with Crippen molar-refractivity contribution in [2.24, 2.45) is 10.3 Å². The molecule has 2 N–H and O–H groups in total. The van der Waals surface area contributed by atoms with Crippen LogP contribution in [-0.4, -0.2) is 20.6 Å². The predicted octanol–water partition coefficient (Wildman–Crippen LogP) is 0.306. The maximum absolute atomic E-state index is 3.65. The second-order valence-electron chi connectivity index (χ2n) is 1.55. The first-order chi connectivity index (χ1) is 4.31. The molecule has 0 aromatic carbocycles. The molecule has 0 bridgehead atoms. The third-order valence-corrected chi connectivity index (χ3v) is 0.698. The van der Waals surface area contributed by atoms with Gasteiger partial charge in [-0.15, -0.1) is 0 Å². The van der Waals surface area contributed by atoms with Crippen LogP contribution in [0.25, 0.3) is 0 Å². The van der Waals surface area contributed by atoms with Crippen molar-refractivity contribution in [2.45, 2.75) is 0 Å². The molecule has 52 valence electrons. The lowest BCUT2D eigenvalue weighted by Gasteiger charge is -1.99. The number of nitrogens with one attached hydrogen (secondary N) is 2. The zero-order valence-electron chi connectivity index (χ0n) is 5.81. The van der Waals surface area contributed by atoms with E-state index in [0.717, 1.165) is 5.70 Å². The van der Waals surface area contributed by atoms with Crippen molar-refractivity contribution in [3.63, 3.8) is 0 Å². The topological polar surface area (TPSA) is 48.8 Å². The summed E-state index contributed by atoms with van der Waals surface area (Å²) in [5.74, 6) is 0. The molecule has 0 atom stereocenters. The molecule has 4 heteroatoms. The molecular formula is C5H12N4. The molecule has 0 aliphatic heterocycles. The van der Waals surface area contributed by atoms with Gasteiger partial charge in [-0.2, -0.15) is 5.11 Å². The molecular weight excluding hydrogens is 116 g/mol. The SMILES string of the molecule is C=C(CNC)NN=NC. The second kappa shape index (κ2) is 5.24. The van der Waals surface area contributed by atoms with Crippen LogP contribution in [0.2, 0.25) is 0 Å². The smallest absolute Gasteiger partial charge is 0.0509 e. The molecule has 0 saturated carbocycles. The molecule has 0 amide bonds. The summed E-state index contributed by atoms with van der Waals surface area (Å²) >= 11 is 0. The number of rotatable bonds is 4. The van der Waals surface area contributed by atoms with Crippen molar-refractivity contribution in [1.29, 1.82) is 0 Å². The van der Waals surface area contributed by atoms with Gasteiger partial charge in [0.05, 0.1) is 7.05 Å². The Kier molecular flexibility index (Phi) is 4.72. The molecule has 9 heavy (non-hydrogen) atoms. The second-order valence-corrected chi connectivity index (χ2v) is 1.55. The van der Waals surface area contributed by atoms with Gasteiger partial charge < -0.3 is 5.32 Å². The standard InChI is InChI=1S/C5H12N4/c1-5(4-6-2)8-9-7-3/h6H,1,4H2,2-3H3,(H,7,8). The number of nitrogens with zero attached hydrogens (tertiary/aromatic N) is 2. The number of likely N-dealkylation sites (N-methyl/N-ethyl adjacent to an activating group) is 1. The Bertz CT molecular complexity index is 108. The van der Waals surface area contributed by atoms with Crippen LogP contribution in [0.4, 0.5) is 0 Å². The van der Waals surface area contributed by atoms with Gasteiger partial charge in [0.2, 0.25) is 0 Å². The molecule has 0 aromatic rings. The fraction of sp³-hybridized carbons (Fsp3) is 0.600. The molecule has 0 aliphatic carbocycles. The fourth-order valence-corrected chi connectivity index (χ4v) is 0.374. The first-order valence-electron chi connectivity index (χ1n) is 2.68. The lowest BCUT2D eigenvalue weighted by Crippen LogP contribution is -2.17. The average molecular weight is 128 g/mol. The Morgan fingerprint density at radius 3 is 2.78 bits per heavy atom. The highest BCUT2D eigenvalue weighted by Crippen LogP contribution is 1.78. The van der Waals surface area contributed by atoms with Crippen molar-refractivity contribution in [3.8, 4) is 0 Å². The van der Waals surface area contributed by atoms with Gasteiger partial charge in [0.1, 0.15) is 0 Å². The minimum Gasteiger partial charge on any atom is -0.314 e. The lowest BCUT2D eigenvalue weighted by molar-refractivity contribution is 0.739. The Morgan fingerprint density at radius 2 is 2.33 bits per heavy atom. The largest absolute Gasteiger partial charge is 0.314 e. The maximum Gasteiger partial charge on any atom is 0.0509 e. The van der Waals surface area contributed by atoms with E-state index in [1.54, 1.807) is 7.05 Å². The monoisotopic (exact) mass is 128 g/mol. The Hall–Kier alpha value is -0.900. The third-order valence-electron chi connectivity index (χ3n) is 0.698. The van der Waals surface area contributed by atoms with Crippen LogP contribution >= 0.6 is 0 Å². The highest BCUT2D eigenvalue weighted by molar-refractivity contribution is 4.90. The van der Waals surface area contributed by atoms with Crippen molar-refractivity contribution >= 4 is 0 Å². The normalized spacial score (nSPS) is 10.0. The zero-order chi connectivity index (χ0) is 7.11. The van der Waals surface area contributed by atoms with Gasteiger partial charge >= 0.3 is 0 Å². The quantitative estimate of drug-likeness (QED) is 0.423. The van der Waals surface area contributed by atoms with Crippen LogP contribution in [0.5, 0.6) is 0 Å². The molecule has 0 aromatic heterocycles. The minimum atomic E-state index is 0.707. The Morgan fingerprint density at radius 1 is 1.67 bits per heavy atom. The number of hydrogen-bond donors (Lipinski definition) is 2.